The van der Waals surface area contributed by atoms with Crippen LogP contribution in [0.4, 0.5) is 5.69 Å². The van der Waals surface area contributed by atoms with Gasteiger partial charge >= 0.3 is 0 Å². The van der Waals surface area contributed by atoms with Crippen molar-refractivity contribution in [1.82, 2.24) is 9.88 Å². The second-order valence-electron chi connectivity index (χ2n) is 6.63. The van der Waals surface area contributed by atoms with Crippen molar-refractivity contribution < 1.29 is 0 Å². The Hall–Kier alpha value is -1.51. The molecule has 1 saturated carbocycles. The van der Waals surface area contributed by atoms with Gasteiger partial charge in [-0.2, -0.15) is 0 Å². The van der Waals surface area contributed by atoms with Gasteiger partial charge in [0.2, 0.25) is 0 Å². The molecule has 0 spiro atoms. The Kier molecular flexibility index (Phi) is 1.87. The third kappa shape index (κ3) is 1.12. The molecule has 1 aromatic rings. The Morgan fingerprint density at radius 3 is 2.74 bits per heavy atom. The first kappa shape index (κ1) is 11.3. The van der Waals surface area contributed by atoms with Gasteiger partial charge in [-0.3, -0.25) is 4.98 Å². The van der Waals surface area contributed by atoms with Gasteiger partial charge in [0.1, 0.15) is 6.17 Å². The lowest BCUT2D eigenvalue weighted by atomic mass is 9.87. The van der Waals surface area contributed by atoms with Gasteiger partial charge in [-0.15, -0.1) is 0 Å². The van der Waals surface area contributed by atoms with Crippen LogP contribution in [0.25, 0.3) is 0 Å². The third-order valence-corrected chi connectivity index (χ3v) is 5.69. The molecule has 0 aromatic carbocycles. The maximum Gasteiger partial charge on any atom is 0.109 e. The monoisotopic (exact) mass is 255 g/mol. The van der Waals surface area contributed by atoms with Crippen molar-refractivity contribution in [3.8, 4) is 0 Å². The molecule has 0 amide bonds. The Bertz CT molecular complexity index is 606. The summed E-state index contributed by atoms with van der Waals surface area (Å²) in [7, 11) is 2.19. The topological polar surface area (TPSA) is 19.4 Å². The summed E-state index contributed by atoms with van der Waals surface area (Å²) in [4.78, 5) is 9.48. The van der Waals surface area contributed by atoms with Gasteiger partial charge in [-0.1, -0.05) is 13.8 Å². The number of fused-ring (bicyclic) bond motifs is 6. The number of rotatable bonds is 0. The van der Waals surface area contributed by atoms with Crippen LogP contribution in [0.2, 0.25) is 0 Å². The van der Waals surface area contributed by atoms with Crippen LogP contribution < -0.4 is 4.90 Å². The van der Waals surface area contributed by atoms with Crippen LogP contribution in [0.15, 0.2) is 18.5 Å². The molecule has 4 rings (SSSR count). The van der Waals surface area contributed by atoms with Gasteiger partial charge in [-0.25, -0.2) is 0 Å². The summed E-state index contributed by atoms with van der Waals surface area (Å²) in [6, 6.07) is 2.31. The van der Waals surface area contributed by atoms with Crippen molar-refractivity contribution in [2.75, 3.05) is 11.9 Å². The minimum atomic E-state index is 0.329. The number of nitrogens with zero attached hydrogens (tertiary/aromatic N) is 3. The number of anilines is 1. The Morgan fingerprint density at radius 1 is 1.26 bits per heavy atom. The fourth-order valence-corrected chi connectivity index (χ4v) is 4.50. The highest BCUT2D eigenvalue weighted by Gasteiger charge is 2.68. The van der Waals surface area contributed by atoms with Gasteiger partial charge in [0, 0.05) is 36.5 Å². The maximum atomic E-state index is 4.69. The molecule has 3 heteroatoms. The lowest BCUT2D eigenvalue weighted by Crippen LogP contribution is -2.44. The van der Waals surface area contributed by atoms with Crippen molar-refractivity contribution in [2.24, 2.45) is 11.8 Å². The molecular weight excluding hydrogens is 234 g/mol. The van der Waals surface area contributed by atoms with Crippen molar-refractivity contribution in [3.05, 3.63) is 35.4 Å². The number of hydrogen-bond acceptors (Lipinski definition) is 3. The molecule has 1 fully saturated rings. The Morgan fingerprint density at radius 2 is 2.00 bits per heavy atom. The molecule has 3 unspecified atom stereocenters. The molecule has 19 heavy (non-hydrogen) atoms. The van der Waals surface area contributed by atoms with Crippen LogP contribution in [0.1, 0.15) is 30.8 Å². The van der Waals surface area contributed by atoms with Crippen molar-refractivity contribution in [1.29, 1.82) is 0 Å². The Labute approximate surface area is 114 Å². The lowest BCUT2D eigenvalue weighted by molar-refractivity contribution is 0.294. The molecule has 0 N–H and O–H groups in total. The van der Waals surface area contributed by atoms with Crippen LogP contribution in [-0.2, 0) is 5.41 Å². The summed E-state index contributed by atoms with van der Waals surface area (Å²) in [5.74, 6) is 1.46. The standard InChI is InChI=1S/C16H21N3/c1-9-8-12-14(11(3)17-9)19-7-6-18(5)15(19)13-10(2)16(12,13)4/h6-8,10,13,15H,1-5H3/t10-,13?,15?,16?/m0/s1. The van der Waals surface area contributed by atoms with Crippen LogP contribution in [-0.4, -0.2) is 23.1 Å². The molecule has 1 aliphatic carbocycles. The molecule has 0 saturated heterocycles. The summed E-state index contributed by atoms with van der Waals surface area (Å²) in [6.07, 6.45) is 4.90. The van der Waals surface area contributed by atoms with Crippen molar-refractivity contribution in [3.63, 3.8) is 0 Å². The zero-order chi connectivity index (χ0) is 13.5. The highest BCUT2D eigenvalue weighted by Crippen LogP contribution is 2.67. The molecule has 3 nitrogen and oxygen atoms in total. The molecule has 3 heterocycles. The van der Waals surface area contributed by atoms with Crippen molar-refractivity contribution >= 4 is 5.69 Å². The van der Waals surface area contributed by atoms with Gasteiger partial charge in [0.25, 0.3) is 0 Å². The summed E-state index contributed by atoms with van der Waals surface area (Å²) < 4.78 is 0. The number of pyridine rings is 1. The molecule has 0 radical (unpaired) electrons. The van der Waals surface area contributed by atoms with Gasteiger partial charge in [0.05, 0.1) is 11.4 Å². The summed E-state index contributed by atoms with van der Waals surface area (Å²) in [5.41, 5.74) is 5.49. The summed E-state index contributed by atoms with van der Waals surface area (Å²) >= 11 is 0. The van der Waals surface area contributed by atoms with E-state index in [0.717, 1.165) is 17.5 Å². The highest BCUT2D eigenvalue weighted by molar-refractivity contribution is 5.69. The summed E-state index contributed by atoms with van der Waals surface area (Å²) in [6.45, 7) is 9.08. The zero-order valence-corrected chi connectivity index (χ0v) is 12.3. The number of aromatic nitrogens is 1. The van der Waals surface area contributed by atoms with E-state index in [1.54, 1.807) is 0 Å². The van der Waals surface area contributed by atoms with E-state index in [2.05, 4.69) is 68.0 Å². The second kappa shape index (κ2) is 3.14. The first-order valence-electron chi connectivity index (χ1n) is 7.13. The molecule has 2 aliphatic heterocycles. The maximum absolute atomic E-state index is 4.69. The zero-order valence-electron chi connectivity index (χ0n) is 12.3. The van der Waals surface area contributed by atoms with E-state index in [9.17, 15) is 0 Å². The Balaban J connectivity index is 2.00. The van der Waals surface area contributed by atoms with Crippen LogP contribution in [0, 0.1) is 25.7 Å². The van der Waals surface area contributed by atoms with E-state index in [0.29, 0.717) is 11.6 Å². The van der Waals surface area contributed by atoms with E-state index >= 15 is 0 Å². The molecular formula is C16H21N3. The van der Waals surface area contributed by atoms with Gasteiger partial charge in [0.15, 0.2) is 0 Å². The average molecular weight is 255 g/mol. The fraction of sp³-hybridized carbons (Fsp3) is 0.562. The largest absolute Gasteiger partial charge is 0.358 e. The van der Waals surface area contributed by atoms with E-state index in [4.69, 9.17) is 0 Å². The first-order valence-corrected chi connectivity index (χ1v) is 7.13. The smallest absolute Gasteiger partial charge is 0.109 e. The van der Waals surface area contributed by atoms with E-state index in [1.807, 2.05) is 0 Å². The normalized spacial score (nSPS) is 38.1. The molecule has 0 bridgehead atoms. The number of hydrogen-bond donors (Lipinski definition) is 0. The highest BCUT2D eigenvalue weighted by atomic mass is 15.4. The summed E-state index contributed by atoms with van der Waals surface area (Å²) in [5, 5.41) is 0. The molecule has 3 aliphatic rings. The minimum absolute atomic E-state index is 0.329. The third-order valence-electron chi connectivity index (χ3n) is 5.69. The lowest BCUT2D eigenvalue weighted by Gasteiger charge is -2.39. The SMILES string of the molecule is Cc1cc2c(c(C)n1)N1C=CN(C)C1C1[C@H](C)C21C. The van der Waals surface area contributed by atoms with Crippen LogP contribution in [0.3, 0.4) is 0 Å². The van der Waals surface area contributed by atoms with Gasteiger partial charge < -0.3 is 9.80 Å². The first-order chi connectivity index (χ1) is 8.96. The molecule has 4 atom stereocenters. The second-order valence-corrected chi connectivity index (χ2v) is 6.63. The van der Waals surface area contributed by atoms with Crippen molar-refractivity contribution in [2.45, 2.75) is 39.3 Å². The van der Waals surface area contributed by atoms with E-state index in [1.165, 1.54) is 16.9 Å². The number of aryl methyl sites for hydroxylation is 2. The van der Waals surface area contributed by atoms with Crippen LogP contribution in [0.5, 0.6) is 0 Å². The average Bonchev–Trinajstić information content (AvgIpc) is 2.71. The van der Waals surface area contributed by atoms with Crippen LogP contribution >= 0.6 is 0 Å². The fourth-order valence-electron chi connectivity index (χ4n) is 4.50. The predicted molar refractivity (Wildman–Crippen MR) is 76.9 cm³/mol. The predicted octanol–water partition coefficient (Wildman–Crippen LogP) is 2.78. The quantitative estimate of drug-likeness (QED) is 0.710. The minimum Gasteiger partial charge on any atom is -0.358 e. The van der Waals surface area contributed by atoms with E-state index < -0.39 is 0 Å². The van der Waals surface area contributed by atoms with Gasteiger partial charge in [-0.05, 0) is 31.4 Å². The molecule has 1 aromatic heterocycles. The van der Waals surface area contributed by atoms with E-state index in [-0.39, 0.29) is 0 Å². The molecule has 100 valence electrons.